The van der Waals surface area contributed by atoms with E-state index >= 15 is 0 Å². The maximum absolute atomic E-state index is 6.44. The average molecular weight is 317 g/mol. The lowest BCUT2D eigenvalue weighted by Gasteiger charge is -2.20. The van der Waals surface area contributed by atoms with Crippen LogP contribution in [0.25, 0.3) is 0 Å². The van der Waals surface area contributed by atoms with Gasteiger partial charge in [-0.25, -0.2) is 0 Å². The Bertz CT molecular complexity index is 639. The van der Waals surface area contributed by atoms with E-state index in [9.17, 15) is 0 Å². The van der Waals surface area contributed by atoms with Crippen molar-refractivity contribution >= 4 is 23.0 Å². The van der Waals surface area contributed by atoms with Gasteiger partial charge in [-0.2, -0.15) is 0 Å². The summed E-state index contributed by atoms with van der Waals surface area (Å²) in [4.78, 5) is 2.35. The lowest BCUT2D eigenvalue weighted by Crippen LogP contribution is -2.17. The third-order valence-electron chi connectivity index (χ3n) is 4.07. The monoisotopic (exact) mass is 316 g/mol. The quantitative estimate of drug-likeness (QED) is 0.875. The molecule has 1 N–H and O–H groups in total. The Kier molecular flexibility index (Phi) is 4.74. The standard InChI is InChI=1S/C18H21ClN2O/c1-22-18-7-3-2-6-14(18)13-20-15-8-9-17(16(19)12-15)21-10-4-5-11-21/h2-3,6-9,12,20H,4-5,10-11,13H2,1H3. The largest absolute Gasteiger partial charge is 0.496 e. The molecule has 0 radical (unpaired) electrons. The normalized spacial score (nSPS) is 14.2. The SMILES string of the molecule is COc1ccccc1CNc1ccc(N2CCCC2)c(Cl)c1. The van der Waals surface area contributed by atoms with Crippen molar-refractivity contribution < 1.29 is 4.74 Å². The van der Waals surface area contributed by atoms with Crippen LogP contribution in [0.4, 0.5) is 11.4 Å². The molecule has 0 unspecified atom stereocenters. The van der Waals surface area contributed by atoms with Crippen molar-refractivity contribution in [2.75, 3.05) is 30.4 Å². The van der Waals surface area contributed by atoms with Crippen molar-refractivity contribution in [3.05, 3.63) is 53.1 Å². The van der Waals surface area contributed by atoms with Crippen LogP contribution >= 0.6 is 11.6 Å². The molecular formula is C18H21ClN2O. The van der Waals surface area contributed by atoms with Gasteiger partial charge in [-0.15, -0.1) is 0 Å². The second-order valence-corrected chi connectivity index (χ2v) is 5.93. The topological polar surface area (TPSA) is 24.5 Å². The van der Waals surface area contributed by atoms with Gasteiger partial charge in [0, 0.05) is 30.9 Å². The molecule has 22 heavy (non-hydrogen) atoms. The van der Waals surface area contributed by atoms with Crippen LogP contribution in [-0.4, -0.2) is 20.2 Å². The molecule has 1 aliphatic rings. The third kappa shape index (κ3) is 3.30. The number of nitrogens with one attached hydrogen (secondary N) is 1. The van der Waals surface area contributed by atoms with Gasteiger partial charge in [0.05, 0.1) is 17.8 Å². The lowest BCUT2D eigenvalue weighted by atomic mass is 10.2. The molecule has 3 nitrogen and oxygen atoms in total. The van der Waals surface area contributed by atoms with Gasteiger partial charge in [-0.3, -0.25) is 0 Å². The highest BCUT2D eigenvalue weighted by Gasteiger charge is 2.15. The molecular weight excluding hydrogens is 296 g/mol. The molecule has 0 saturated carbocycles. The van der Waals surface area contributed by atoms with Crippen LogP contribution in [0.1, 0.15) is 18.4 Å². The van der Waals surface area contributed by atoms with Gasteiger partial charge in [0.25, 0.3) is 0 Å². The highest BCUT2D eigenvalue weighted by atomic mass is 35.5. The molecule has 1 fully saturated rings. The number of para-hydroxylation sites is 1. The van der Waals surface area contributed by atoms with Crippen molar-refractivity contribution in [3.63, 3.8) is 0 Å². The molecule has 0 aliphatic carbocycles. The molecule has 0 aromatic heterocycles. The number of nitrogens with zero attached hydrogens (tertiary/aromatic N) is 1. The minimum Gasteiger partial charge on any atom is -0.496 e. The van der Waals surface area contributed by atoms with Crippen LogP contribution in [0.2, 0.25) is 5.02 Å². The fraction of sp³-hybridized carbons (Fsp3) is 0.333. The Hall–Kier alpha value is -1.87. The summed E-state index contributed by atoms with van der Waals surface area (Å²) >= 11 is 6.44. The van der Waals surface area contributed by atoms with Gasteiger partial charge in [0.2, 0.25) is 0 Å². The van der Waals surface area contributed by atoms with Gasteiger partial charge in [0.1, 0.15) is 5.75 Å². The summed E-state index contributed by atoms with van der Waals surface area (Å²) < 4.78 is 5.37. The number of benzene rings is 2. The van der Waals surface area contributed by atoms with Crippen LogP contribution in [0.15, 0.2) is 42.5 Å². The van der Waals surface area contributed by atoms with E-state index in [2.05, 4.69) is 28.4 Å². The molecule has 4 heteroatoms. The second kappa shape index (κ2) is 6.93. The van der Waals surface area contributed by atoms with E-state index in [0.29, 0.717) is 6.54 Å². The first-order valence-electron chi connectivity index (χ1n) is 7.68. The molecule has 0 spiro atoms. The molecule has 0 bridgehead atoms. The number of rotatable bonds is 5. The molecule has 0 amide bonds. The summed E-state index contributed by atoms with van der Waals surface area (Å²) in [6.07, 6.45) is 2.51. The first-order chi connectivity index (χ1) is 10.8. The van der Waals surface area contributed by atoms with Gasteiger partial charge in [-0.05, 0) is 37.1 Å². The zero-order valence-corrected chi connectivity index (χ0v) is 13.6. The van der Waals surface area contributed by atoms with Gasteiger partial charge >= 0.3 is 0 Å². The van der Waals surface area contributed by atoms with E-state index in [-0.39, 0.29) is 0 Å². The molecule has 116 valence electrons. The third-order valence-corrected chi connectivity index (χ3v) is 4.37. The van der Waals surface area contributed by atoms with E-state index < -0.39 is 0 Å². The highest BCUT2D eigenvalue weighted by Crippen LogP contribution is 2.31. The van der Waals surface area contributed by atoms with Crippen LogP contribution in [0.5, 0.6) is 5.75 Å². The number of hydrogen-bond acceptors (Lipinski definition) is 3. The van der Waals surface area contributed by atoms with Crippen molar-refractivity contribution in [3.8, 4) is 5.75 Å². The van der Waals surface area contributed by atoms with E-state index in [1.807, 2.05) is 24.3 Å². The van der Waals surface area contributed by atoms with Crippen LogP contribution in [0, 0.1) is 0 Å². The van der Waals surface area contributed by atoms with Crippen LogP contribution in [0.3, 0.4) is 0 Å². The molecule has 0 atom stereocenters. The van der Waals surface area contributed by atoms with E-state index in [4.69, 9.17) is 16.3 Å². The minimum atomic E-state index is 0.712. The minimum absolute atomic E-state index is 0.712. The highest BCUT2D eigenvalue weighted by molar-refractivity contribution is 6.33. The zero-order chi connectivity index (χ0) is 15.4. The summed E-state index contributed by atoms with van der Waals surface area (Å²) in [5.41, 5.74) is 3.30. The maximum atomic E-state index is 6.44. The van der Waals surface area contributed by atoms with Crippen LogP contribution < -0.4 is 15.0 Å². The number of halogens is 1. The smallest absolute Gasteiger partial charge is 0.123 e. The first-order valence-corrected chi connectivity index (χ1v) is 8.06. The summed E-state index contributed by atoms with van der Waals surface area (Å²) in [5, 5.41) is 4.22. The van der Waals surface area contributed by atoms with Gasteiger partial charge in [-0.1, -0.05) is 29.8 Å². The van der Waals surface area contributed by atoms with Crippen molar-refractivity contribution in [2.45, 2.75) is 19.4 Å². The molecule has 1 aliphatic heterocycles. The predicted molar refractivity (Wildman–Crippen MR) is 93.2 cm³/mol. The van der Waals surface area contributed by atoms with Crippen LogP contribution in [-0.2, 0) is 6.54 Å². The first kappa shape index (κ1) is 15.0. The van der Waals surface area contributed by atoms with E-state index in [1.54, 1.807) is 7.11 Å². The van der Waals surface area contributed by atoms with Gasteiger partial charge in [0.15, 0.2) is 0 Å². The van der Waals surface area contributed by atoms with E-state index in [1.165, 1.54) is 12.8 Å². The Morgan fingerprint density at radius 2 is 1.91 bits per heavy atom. The maximum Gasteiger partial charge on any atom is 0.123 e. The second-order valence-electron chi connectivity index (χ2n) is 5.53. The summed E-state index contributed by atoms with van der Waals surface area (Å²) in [5.74, 6) is 0.898. The number of methoxy groups -OCH3 is 1. The summed E-state index contributed by atoms with van der Waals surface area (Å²) in [6.45, 7) is 2.92. The molecule has 2 aromatic rings. The number of ether oxygens (including phenoxy) is 1. The Balaban J connectivity index is 1.69. The van der Waals surface area contributed by atoms with E-state index in [0.717, 1.165) is 40.8 Å². The Labute approximate surface area is 136 Å². The lowest BCUT2D eigenvalue weighted by molar-refractivity contribution is 0.410. The Morgan fingerprint density at radius 3 is 2.64 bits per heavy atom. The Morgan fingerprint density at radius 1 is 1.14 bits per heavy atom. The van der Waals surface area contributed by atoms with Crippen molar-refractivity contribution in [1.82, 2.24) is 0 Å². The molecule has 3 rings (SSSR count). The fourth-order valence-corrected chi connectivity index (χ4v) is 3.18. The van der Waals surface area contributed by atoms with Crippen molar-refractivity contribution in [2.24, 2.45) is 0 Å². The molecule has 1 heterocycles. The number of hydrogen-bond donors (Lipinski definition) is 1. The average Bonchev–Trinajstić information content (AvgIpc) is 3.07. The van der Waals surface area contributed by atoms with Gasteiger partial charge < -0.3 is 15.0 Å². The zero-order valence-electron chi connectivity index (χ0n) is 12.8. The molecule has 2 aromatic carbocycles. The summed E-state index contributed by atoms with van der Waals surface area (Å²) in [6, 6.07) is 14.2. The number of anilines is 2. The molecule has 1 saturated heterocycles. The fourth-order valence-electron chi connectivity index (χ4n) is 2.88. The predicted octanol–water partition coefficient (Wildman–Crippen LogP) is 4.56. The summed E-state index contributed by atoms with van der Waals surface area (Å²) in [7, 11) is 1.69. The van der Waals surface area contributed by atoms with Crippen molar-refractivity contribution in [1.29, 1.82) is 0 Å².